The molecule has 0 radical (unpaired) electrons. The summed E-state index contributed by atoms with van der Waals surface area (Å²) in [6.45, 7) is 4.14. The van der Waals surface area contributed by atoms with Crippen LogP contribution in [0, 0.1) is 0 Å². The zero-order valence-electron chi connectivity index (χ0n) is 11.1. The third-order valence-corrected chi connectivity index (χ3v) is 5.32. The second-order valence-electron chi connectivity index (χ2n) is 5.40. The Labute approximate surface area is 112 Å². The van der Waals surface area contributed by atoms with Crippen LogP contribution in [-0.2, 0) is 9.84 Å². The van der Waals surface area contributed by atoms with Gasteiger partial charge < -0.3 is 4.57 Å². The van der Waals surface area contributed by atoms with Crippen LogP contribution in [0.3, 0.4) is 0 Å². The molecule has 1 atom stereocenters. The van der Waals surface area contributed by atoms with Crippen molar-refractivity contribution in [3.05, 3.63) is 24.2 Å². The molecule has 1 unspecified atom stereocenters. The lowest BCUT2D eigenvalue weighted by Gasteiger charge is -2.16. The highest BCUT2D eigenvalue weighted by atomic mass is 32.2. The van der Waals surface area contributed by atoms with E-state index in [2.05, 4.69) is 23.8 Å². The third kappa shape index (κ3) is 2.14. The average Bonchev–Trinajstić information content (AvgIpc) is 2.89. The SMILES string of the molecule is CC(C)c1nc2cccnc2n1C1CCS(=O)(=O)C1. The molecule has 5 nitrogen and oxygen atoms in total. The first-order valence-corrected chi connectivity index (χ1v) is 8.33. The fourth-order valence-corrected chi connectivity index (χ4v) is 4.39. The van der Waals surface area contributed by atoms with Crippen LogP contribution in [0.5, 0.6) is 0 Å². The molecule has 3 heterocycles. The molecule has 19 heavy (non-hydrogen) atoms. The molecule has 0 N–H and O–H groups in total. The summed E-state index contributed by atoms with van der Waals surface area (Å²) in [6, 6.07) is 3.76. The number of hydrogen-bond acceptors (Lipinski definition) is 4. The van der Waals surface area contributed by atoms with Gasteiger partial charge in [-0.2, -0.15) is 0 Å². The van der Waals surface area contributed by atoms with E-state index < -0.39 is 9.84 Å². The summed E-state index contributed by atoms with van der Waals surface area (Å²) in [6.07, 6.45) is 2.39. The first-order chi connectivity index (χ1) is 8.98. The molecule has 102 valence electrons. The van der Waals surface area contributed by atoms with Gasteiger partial charge in [0.1, 0.15) is 11.3 Å². The Hall–Kier alpha value is -1.43. The summed E-state index contributed by atoms with van der Waals surface area (Å²) in [5.74, 6) is 1.64. The van der Waals surface area contributed by atoms with Crippen LogP contribution in [0.4, 0.5) is 0 Å². The largest absolute Gasteiger partial charge is 0.308 e. The molecule has 0 aliphatic carbocycles. The van der Waals surface area contributed by atoms with Crippen molar-refractivity contribution in [2.24, 2.45) is 0 Å². The summed E-state index contributed by atoms with van der Waals surface area (Å²) in [4.78, 5) is 8.99. The number of fused-ring (bicyclic) bond motifs is 1. The molecule has 0 saturated carbocycles. The molecule has 1 saturated heterocycles. The van der Waals surface area contributed by atoms with Gasteiger partial charge in [-0.05, 0) is 18.6 Å². The topological polar surface area (TPSA) is 64.8 Å². The molecular weight excluding hydrogens is 262 g/mol. The van der Waals surface area contributed by atoms with Crippen LogP contribution < -0.4 is 0 Å². The lowest BCUT2D eigenvalue weighted by Crippen LogP contribution is -2.15. The summed E-state index contributed by atoms with van der Waals surface area (Å²) < 4.78 is 25.4. The van der Waals surface area contributed by atoms with E-state index in [1.165, 1.54) is 0 Å². The molecule has 1 aliphatic rings. The number of imidazole rings is 1. The van der Waals surface area contributed by atoms with Crippen molar-refractivity contribution < 1.29 is 8.42 Å². The fourth-order valence-electron chi connectivity index (χ4n) is 2.69. The molecule has 2 aromatic rings. The highest BCUT2D eigenvalue weighted by Gasteiger charge is 2.32. The van der Waals surface area contributed by atoms with Gasteiger partial charge in [0.15, 0.2) is 15.5 Å². The highest BCUT2D eigenvalue weighted by molar-refractivity contribution is 7.91. The van der Waals surface area contributed by atoms with Gasteiger partial charge in [0.05, 0.1) is 17.5 Å². The Kier molecular flexibility index (Phi) is 2.85. The lowest BCUT2D eigenvalue weighted by molar-refractivity contribution is 0.528. The van der Waals surface area contributed by atoms with E-state index in [9.17, 15) is 8.42 Å². The molecule has 0 aromatic carbocycles. The van der Waals surface area contributed by atoms with Gasteiger partial charge in [-0.3, -0.25) is 0 Å². The molecule has 1 fully saturated rings. The monoisotopic (exact) mass is 279 g/mol. The van der Waals surface area contributed by atoms with Crippen LogP contribution in [-0.4, -0.2) is 34.5 Å². The van der Waals surface area contributed by atoms with Gasteiger partial charge in [0.25, 0.3) is 0 Å². The Morgan fingerprint density at radius 3 is 2.84 bits per heavy atom. The molecule has 3 rings (SSSR count). The first-order valence-electron chi connectivity index (χ1n) is 6.51. The maximum Gasteiger partial charge on any atom is 0.160 e. The van der Waals surface area contributed by atoms with Gasteiger partial charge in [0.2, 0.25) is 0 Å². The number of nitrogens with zero attached hydrogens (tertiary/aromatic N) is 3. The summed E-state index contributed by atoms with van der Waals surface area (Å²) in [7, 11) is -2.91. The van der Waals surface area contributed by atoms with Crippen LogP contribution in [0.15, 0.2) is 18.3 Å². The molecule has 2 aromatic heterocycles. The van der Waals surface area contributed by atoms with Crippen molar-refractivity contribution in [3.63, 3.8) is 0 Å². The third-order valence-electron chi connectivity index (χ3n) is 3.57. The van der Waals surface area contributed by atoms with E-state index >= 15 is 0 Å². The zero-order valence-corrected chi connectivity index (χ0v) is 11.9. The number of pyridine rings is 1. The quantitative estimate of drug-likeness (QED) is 0.842. The Balaban J connectivity index is 2.18. The molecule has 0 bridgehead atoms. The minimum atomic E-state index is -2.91. The van der Waals surface area contributed by atoms with E-state index in [0.29, 0.717) is 6.42 Å². The van der Waals surface area contributed by atoms with Crippen molar-refractivity contribution in [2.45, 2.75) is 32.2 Å². The van der Waals surface area contributed by atoms with Crippen molar-refractivity contribution in [2.75, 3.05) is 11.5 Å². The van der Waals surface area contributed by atoms with Crippen molar-refractivity contribution in [1.29, 1.82) is 0 Å². The maximum atomic E-state index is 11.7. The summed E-state index contributed by atoms with van der Waals surface area (Å²) in [5, 5.41) is 0. The van der Waals surface area contributed by atoms with Crippen molar-refractivity contribution >= 4 is 21.0 Å². The van der Waals surface area contributed by atoms with Crippen LogP contribution in [0.25, 0.3) is 11.2 Å². The van der Waals surface area contributed by atoms with Crippen molar-refractivity contribution in [3.8, 4) is 0 Å². The van der Waals surface area contributed by atoms with Gasteiger partial charge in [-0.25, -0.2) is 18.4 Å². The van der Waals surface area contributed by atoms with Gasteiger partial charge in [-0.15, -0.1) is 0 Å². The maximum absolute atomic E-state index is 11.7. The first kappa shape index (κ1) is 12.6. The Bertz CT molecular complexity index is 719. The minimum absolute atomic E-state index is 0.0256. The highest BCUT2D eigenvalue weighted by Crippen LogP contribution is 2.31. The predicted octanol–water partition coefficient (Wildman–Crippen LogP) is 1.91. The van der Waals surface area contributed by atoms with Gasteiger partial charge in [-0.1, -0.05) is 13.8 Å². The van der Waals surface area contributed by atoms with E-state index in [1.807, 2.05) is 16.7 Å². The normalized spacial score (nSPS) is 22.4. The Morgan fingerprint density at radius 2 is 2.21 bits per heavy atom. The van der Waals surface area contributed by atoms with Crippen LogP contribution in [0.2, 0.25) is 0 Å². The summed E-state index contributed by atoms with van der Waals surface area (Å²) >= 11 is 0. The van der Waals surface area contributed by atoms with Crippen LogP contribution >= 0.6 is 0 Å². The van der Waals surface area contributed by atoms with Crippen LogP contribution in [0.1, 0.15) is 38.1 Å². The van der Waals surface area contributed by atoms with Crippen molar-refractivity contribution in [1.82, 2.24) is 14.5 Å². The molecule has 0 spiro atoms. The number of rotatable bonds is 2. The molecule has 0 amide bonds. The summed E-state index contributed by atoms with van der Waals surface area (Å²) in [5.41, 5.74) is 1.64. The smallest absolute Gasteiger partial charge is 0.160 e. The molecular formula is C13H17N3O2S. The van der Waals surface area contributed by atoms with Gasteiger partial charge in [0, 0.05) is 12.1 Å². The molecule has 1 aliphatic heterocycles. The zero-order chi connectivity index (χ0) is 13.6. The average molecular weight is 279 g/mol. The molecule has 6 heteroatoms. The Morgan fingerprint density at radius 1 is 1.42 bits per heavy atom. The van der Waals surface area contributed by atoms with E-state index in [1.54, 1.807) is 6.20 Å². The predicted molar refractivity (Wildman–Crippen MR) is 73.9 cm³/mol. The number of sulfone groups is 1. The van der Waals surface area contributed by atoms with E-state index in [-0.39, 0.29) is 23.5 Å². The fraction of sp³-hybridized carbons (Fsp3) is 0.538. The second-order valence-corrected chi connectivity index (χ2v) is 7.63. The second kappa shape index (κ2) is 4.30. The lowest BCUT2D eigenvalue weighted by atomic mass is 10.2. The van der Waals surface area contributed by atoms with E-state index in [0.717, 1.165) is 17.0 Å². The number of aromatic nitrogens is 3. The van der Waals surface area contributed by atoms with E-state index in [4.69, 9.17) is 0 Å². The van der Waals surface area contributed by atoms with Gasteiger partial charge >= 0.3 is 0 Å². The minimum Gasteiger partial charge on any atom is -0.308 e. The number of hydrogen-bond donors (Lipinski definition) is 0. The standard InChI is InChI=1S/C13H17N3O2S/c1-9(2)12-15-11-4-3-6-14-13(11)16(12)10-5-7-19(17,18)8-10/h3-4,6,9-10H,5,7-8H2,1-2H3.